The lowest BCUT2D eigenvalue weighted by molar-refractivity contribution is 0.282. The predicted molar refractivity (Wildman–Crippen MR) is 91.9 cm³/mol. The molecule has 1 aromatic carbocycles. The van der Waals surface area contributed by atoms with Gasteiger partial charge in [0.15, 0.2) is 0 Å². The lowest BCUT2D eigenvalue weighted by Crippen LogP contribution is -2.40. The van der Waals surface area contributed by atoms with Gasteiger partial charge >= 0.3 is 11.1 Å². The van der Waals surface area contributed by atoms with Gasteiger partial charge < -0.3 is 14.5 Å². The van der Waals surface area contributed by atoms with Crippen molar-refractivity contribution in [3.8, 4) is 0 Å². The van der Waals surface area contributed by atoms with E-state index < -0.39 is 21.1 Å². The molecular formula is C16H16N4O4S. The molecule has 9 heteroatoms. The third-order valence-corrected chi connectivity index (χ3v) is 6.55. The number of nitrogens with zero attached hydrogens (tertiary/aromatic N) is 2. The number of aromatic amines is 2. The number of benzene rings is 1. The zero-order chi connectivity index (χ0) is 17.8. The minimum Gasteiger partial charge on any atom is -0.349 e. The Bertz CT molecular complexity index is 1190. The molecule has 0 aliphatic carbocycles. The van der Waals surface area contributed by atoms with E-state index in [1.165, 1.54) is 22.5 Å². The van der Waals surface area contributed by atoms with Gasteiger partial charge in [-0.05, 0) is 37.3 Å². The number of hydrogen-bond acceptors (Lipinski definition) is 4. The van der Waals surface area contributed by atoms with Gasteiger partial charge in [0.05, 0.1) is 22.0 Å². The molecule has 0 fully saturated rings. The maximum absolute atomic E-state index is 13.1. The van der Waals surface area contributed by atoms with Gasteiger partial charge in [-0.15, -0.1) is 0 Å². The summed E-state index contributed by atoms with van der Waals surface area (Å²) < 4.78 is 29.6. The monoisotopic (exact) mass is 360 g/mol. The molecule has 130 valence electrons. The molecule has 3 heterocycles. The molecule has 0 saturated heterocycles. The van der Waals surface area contributed by atoms with Crippen LogP contribution in [-0.4, -0.2) is 33.8 Å². The molecule has 0 unspecified atom stereocenters. The van der Waals surface area contributed by atoms with E-state index in [0.717, 1.165) is 5.69 Å². The van der Waals surface area contributed by atoms with Crippen molar-refractivity contribution in [1.29, 1.82) is 0 Å². The van der Waals surface area contributed by atoms with Crippen LogP contribution >= 0.6 is 0 Å². The number of hydrogen-bond donors (Lipinski definition) is 2. The summed E-state index contributed by atoms with van der Waals surface area (Å²) in [5.74, 6) is 0. The molecule has 0 bridgehead atoms. The molecule has 2 aromatic heterocycles. The molecule has 8 nitrogen and oxygen atoms in total. The second-order valence-electron chi connectivity index (χ2n) is 6.03. The zero-order valence-corrected chi connectivity index (χ0v) is 14.2. The molecule has 0 spiro atoms. The number of rotatable bonds is 2. The summed E-state index contributed by atoms with van der Waals surface area (Å²) in [6.07, 6.45) is 1.94. The highest BCUT2D eigenvalue weighted by atomic mass is 32.2. The molecule has 2 N–H and O–H groups in total. The Morgan fingerprint density at radius 2 is 1.76 bits per heavy atom. The molecule has 1 atom stereocenters. The van der Waals surface area contributed by atoms with E-state index >= 15 is 0 Å². The predicted octanol–water partition coefficient (Wildman–Crippen LogP) is 0.783. The second-order valence-corrected chi connectivity index (χ2v) is 7.92. The summed E-state index contributed by atoms with van der Waals surface area (Å²) in [5, 5.41) is 0. The minimum atomic E-state index is -3.74. The number of H-pyrrole nitrogens is 2. The summed E-state index contributed by atoms with van der Waals surface area (Å²) in [7, 11) is -3.74. The highest BCUT2D eigenvalue weighted by molar-refractivity contribution is 7.89. The van der Waals surface area contributed by atoms with Crippen LogP contribution in [0.5, 0.6) is 0 Å². The standard InChI is InChI=1S/C16H16N4O4S/c1-10-14-3-2-6-19(14)7-8-20(10)25(23,24)11-4-5-12-13(9-11)18-16(22)15(21)17-12/h2-6,9-10H,7-8H2,1H3,(H,17,21)(H,18,22)/t10-/m1/s1. The van der Waals surface area contributed by atoms with Crippen LogP contribution < -0.4 is 11.1 Å². The second kappa shape index (κ2) is 5.43. The van der Waals surface area contributed by atoms with Crippen molar-refractivity contribution < 1.29 is 8.42 Å². The van der Waals surface area contributed by atoms with Gasteiger partial charge in [-0.1, -0.05) is 0 Å². The fraction of sp³-hybridized carbons (Fsp3) is 0.250. The number of sulfonamides is 1. The van der Waals surface area contributed by atoms with Crippen molar-refractivity contribution in [2.45, 2.75) is 24.4 Å². The molecule has 1 aliphatic rings. The maximum Gasteiger partial charge on any atom is 0.314 e. The quantitative estimate of drug-likeness (QED) is 0.659. The number of fused-ring (bicyclic) bond motifs is 2. The zero-order valence-electron chi connectivity index (χ0n) is 13.4. The Balaban J connectivity index is 1.81. The summed E-state index contributed by atoms with van der Waals surface area (Å²) in [4.78, 5) is 27.8. The van der Waals surface area contributed by atoms with Crippen LogP contribution in [0.3, 0.4) is 0 Å². The number of nitrogens with one attached hydrogen (secondary N) is 2. The van der Waals surface area contributed by atoms with Gasteiger partial charge in [-0.25, -0.2) is 8.42 Å². The van der Waals surface area contributed by atoms with Crippen LogP contribution in [0, 0.1) is 0 Å². The fourth-order valence-electron chi connectivity index (χ4n) is 3.28. The first kappa shape index (κ1) is 15.9. The smallest absolute Gasteiger partial charge is 0.314 e. The summed E-state index contributed by atoms with van der Waals surface area (Å²) in [6.45, 7) is 2.80. The van der Waals surface area contributed by atoms with E-state index in [0.29, 0.717) is 18.6 Å². The molecule has 3 aromatic rings. The lowest BCUT2D eigenvalue weighted by atomic mass is 10.2. The van der Waals surface area contributed by atoms with Gasteiger partial charge in [-0.2, -0.15) is 4.31 Å². The molecular weight excluding hydrogens is 344 g/mol. The highest BCUT2D eigenvalue weighted by Crippen LogP contribution is 2.31. The first-order valence-electron chi connectivity index (χ1n) is 7.81. The first-order chi connectivity index (χ1) is 11.9. The molecule has 0 amide bonds. The van der Waals surface area contributed by atoms with Crippen molar-refractivity contribution in [2.24, 2.45) is 0 Å². The Morgan fingerprint density at radius 1 is 1.04 bits per heavy atom. The minimum absolute atomic E-state index is 0.0783. The van der Waals surface area contributed by atoms with E-state index in [9.17, 15) is 18.0 Å². The fourth-order valence-corrected chi connectivity index (χ4v) is 4.90. The number of aromatic nitrogens is 3. The average molecular weight is 360 g/mol. The molecule has 4 rings (SSSR count). The highest BCUT2D eigenvalue weighted by Gasteiger charge is 2.34. The van der Waals surface area contributed by atoms with E-state index in [4.69, 9.17) is 0 Å². The molecule has 0 saturated carbocycles. The van der Waals surface area contributed by atoms with Crippen molar-refractivity contribution in [2.75, 3.05) is 6.54 Å². The van der Waals surface area contributed by atoms with Crippen molar-refractivity contribution in [3.63, 3.8) is 0 Å². The average Bonchev–Trinajstić information content (AvgIpc) is 3.05. The van der Waals surface area contributed by atoms with Crippen LogP contribution in [0.4, 0.5) is 0 Å². The van der Waals surface area contributed by atoms with Gasteiger partial charge in [0, 0.05) is 25.0 Å². The Hall–Kier alpha value is -2.65. The topological polar surface area (TPSA) is 108 Å². The summed E-state index contributed by atoms with van der Waals surface area (Å²) in [5.41, 5.74) is 0.0101. The lowest BCUT2D eigenvalue weighted by Gasteiger charge is -2.33. The normalized spacial score (nSPS) is 18.4. The van der Waals surface area contributed by atoms with Crippen LogP contribution in [0.2, 0.25) is 0 Å². The SMILES string of the molecule is C[C@@H]1c2cccn2CCN1S(=O)(=O)c1ccc2[nH]c(=O)c(=O)[nH]c2c1. The molecule has 0 radical (unpaired) electrons. The maximum atomic E-state index is 13.1. The van der Waals surface area contributed by atoms with E-state index in [2.05, 4.69) is 9.97 Å². The summed E-state index contributed by atoms with van der Waals surface area (Å²) >= 11 is 0. The van der Waals surface area contributed by atoms with Crippen LogP contribution in [0.1, 0.15) is 18.7 Å². The Labute approximate surface area is 142 Å². The van der Waals surface area contributed by atoms with Crippen LogP contribution in [0.15, 0.2) is 51.0 Å². The van der Waals surface area contributed by atoms with Gasteiger partial charge in [-0.3, -0.25) is 9.59 Å². The largest absolute Gasteiger partial charge is 0.349 e. The third-order valence-electron chi connectivity index (χ3n) is 4.59. The first-order valence-corrected chi connectivity index (χ1v) is 9.25. The van der Waals surface area contributed by atoms with Crippen molar-refractivity contribution >= 4 is 21.1 Å². The van der Waals surface area contributed by atoms with Crippen molar-refractivity contribution in [3.05, 3.63) is 62.9 Å². The van der Waals surface area contributed by atoms with Gasteiger partial charge in [0.1, 0.15) is 0 Å². The Kier molecular flexibility index (Phi) is 3.44. The summed E-state index contributed by atoms with van der Waals surface area (Å²) in [6, 6.07) is 7.82. The molecule has 1 aliphatic heterocycles. The van der Waals surface area contributed by atoms with Crippen LogP contribution in [-0.2, 0) is 16.6 Å². The van der Waals surface area contributed by atoms with Gasteiger partial charge in [0.2, 0.25) is 10.0 Å². The Morgan fingerprint density at radius 3 is 2.52 bits per heavy atom. The van der Waals surface area contributed by atoms with Crippen LogP contribution in [0.25, 0.3) is 11.0 Å². The van der Waals surface area contributed by atoms with Gasteiger partial charge in [0.25, 0.3) is 0 Å². The third kappa shape index (κ3) is 2.43. The van der Waals surface area contributed by atoms with E-state index in [-0.39, 0.29) is 16.5 Å². The van der Waals surface area contributed by atoms with E-state index in [1.54, 1.807) is 0 Å². The van der Waals surface area contributed by atoms with E-state index in [1.807, 2.05) is 29.8 Å². The molecule has 25 heavy (non-hydrogen) atoms. The van der Waals surface area contributed by atoms with Crippen molar-refractivity contribution in [1.82, 2.24) is 18.8 Å².